The van der Waals surface area contributed by atoms with Gasteiger partial charge in [0.15, 0.2) is 0 Å². The molecule has 1 aliphatic heterocycles. The highest BCUT2D eigenvalue weighted by Gasteiger charge is 2.39. The van der Waals surface area contributed by atoms with Gasteiger partial charge in [-0.15, -0.1) is 0 Å². The van der Waals surface area contributed by atoms with Crippen molar-refractivity contribution in [1.29, 1.82) is 0 Å². The Labute approximate surface area is 110 Å². The molecule has 0 amide bonds. The standard InChI is InChI=1S/C13H17BrFNO/c1-2-5-13(17)8-16(9-13)7-10-3-4-11(15)6-12(10)14/h3-4,6,17H,2,5,7-9H2,1H3. The third-order valence-electron chi connectivity index (χ3n) is 3.16. The molecule has 0 spiro atoms. The minimum Gasteiger partial charge on any atom is -0.387 e. The van der Waals surface area contributed by atoms with Crippen LogP contribution in [0.15, 0.2) is 22.7 Å². The number of aliphatic hydroxyl groups is 1. The van der Waals surface area contributed by atoms with Gasteiger partial charge in [-0.05, 0) is 24.1 Å². The lowest BCUT2D eigenvalue weighted by Gasteiger charge is -2.46. The first-order chi connectivity index (χ1) is 8.02. The zero-order valence-electron chi connectivity index (χ0n) is 9.92. The van der Waals surface area contributed by atoms with E-state index in [0.717, 1.165) is 29.4 Å². The van der Waals surface area contributed by atoms with Crippen molar-refractivity contribution in [2.24, 2.45) is 0 Å². The second kappa shape index (κ2) is 5.04. The van der Waals surface area contributed by atoms with Gasteiger partial charge in [0.25, 0.3) is 0 Å². The molecule has 1 N–H and O–H groups in total. The monoisotopic (exact) mass is 301 g/mol. The molecular weight excluding hydrogens is 285 g/mol. The third-order valence-corrected chi connectivity index (χ3v) is 3.90. The largest absolute Gasteiger partial charge is 0.387 e. The molecule has 0 atom stereocenters. The van der Waals surface area contributed by atoms with Gasteiger partial charge in [-0.1, -0.05) is 35.3 Å². The highest BCUT2D eigenvalue weighted by molar-refractivity contribution is 9.10. The van der Waals surface area contributed by atoms with Crippen molar-refractivity contribution in [2.45, 2.75) is 31.9 Å². The average molecular weight is 302 g/mol. The summed E-state index contributed by atoms with van der Waals surface area (Å²) in [6, 6.07) is 4.74. The Balaban J connectivity index is 1.91. The molecule has 0 aliphatic carbocycles. The third kappa shape index (κ3) is 3.06. The predicted molar refractivity (Wildman–Crippen MR) is 69.2 cm³/mol. The summed E-state index contributed by atoms with van der Waals surface area (Å²) in [5.41, 5.74) is 0.561. The summed E-state index contributed by atoms with van der Waals surface area (Å²) >= 11 is 3.36. The van der Waals surface area contributed by atoms with Crippen LogP contribution in [0.2, 0.25) is 0 Å². The second-order valence-corrected chi connectivity index (χ2v) is 5.71. The Bertz CT molecular complexity index is 404. The van der Waals surface area contributed by atoms with Crippen LogP contribution in [0.1, 0.15) is 25.3 Å². The number of β-amino-alcohol motifs (C(OH)–C–C–N with tert-alkyl or cyclic N) is 1. The first-order valence-electron chi connectivity index (χ1n) is 5.91. The first-order valence-corrected chi connectivity index (χ1v) is 6.70. The van der Waals surface area contributed by atoms with Crippen molar-refractivity contribution in [1.82, 2.24) is 4.90 Å². The van der Waals surface area contributed by atoms with Crippen molar-refractivity contribution in [2.75, 3.05) is 13.1 Å². The molecular formula is C13H17BrFNO. The molecule has 4 heteroatoms. The van der Waals surface area contributed by atoms with E-state index >= 15 is 0 Å². The highest BCUT2D eigenvalue weighted by atomic mass is 79.9. The number of rotatable bonds is 4. The lowest BCUT2D eigenvalue weighted by molar-refractivity contribution is -0.106. The van der Waals surface area contributed by atoms with E-state index in [4.69, 9.17) is 0 Å². The van der Waals surface area contributed by atoms with Gasteiger partial charge in [-0.2, -0.15) is 0 Å². The Kier molecular flexibility index (Phi) is 3.85. The molecule has 0 saturated carbocycles. The van der Waals surface area contributed by atoms with Gasteiger partial charge in [-0.25, -0.2) is 4.39 Å². The Morgan fingerprint density at radius 2 is 2.18 bits per heavy atom. The summed E-state index contributed by atoms with van der Waals surface area (Å²) in [6.07, 6.45) is 1.86. The van der Waals surface area contributed by atoms with Crippen LogP contribution in [0.5, 0.6) is 0 Å². The van der Waals surface area contributed by atoms with E-state index in [2.05, 4.69) is 27.8 Å². The number of benzene rings is 1. The fourth-order valence-corrected chi connectivity index (χ4v) is 2.89. The van der Waals surface area contributed by atoms with Gasteiger partial charge in [0.2, 0.25) is 0 Å². The van der Waals surface area contributed by atoms with E-state index in [1.807, 2.05) is 0 Å². The van der Waals surface area contributed by atoms with Crippen LogP contribution in [-0.2, 0) is 6.54 Å². The van der Waals surface area contributed by atoms with Crippen molar-refractivity contribution < 1.29 is 9.50 Å². The molecule has 0 bridgehead atoms. The zero-order valence-corrected chi connectivity index (χ0v) is 11.5. The van der Waals surface area contributed by atoms with Crippen LogP contribution in [0, 0.1) is 5.82 Å². The molecule has 17 heavy (non-hydrogen) atoms. The molecule has 2 rings (SSSR count). The van der Waals surface area contributed by atoms with Crippen LogP contribution in [0.4, 0.5) is 4.39 Å². The van der Waals surface area contributed by atoms with Gasteiger partial charge in [0.05, 0.1) is 5.60 Å². The maximum Gasteiger partial charge on any atom is 0.124 e. The van der Waals surface area contributed by atoms with E-state index in [0.29, 0.717) is 13.1 Å². The van der Waals surface area contributed by atoms with Crippen LogP contribution >= 0.6 is 15.9 Å². The van der Waals surface area contributed by atoms with Gasteiger partial charge in [0.1, 0.15) is 5.82 Å². The lowest BCUT2D eigenvalue weighted by Crippen LogP contribution is -2.60. The van der Waals surface area contributed by atoms with Gasteiger partial charge in [-0.3, -0.25) is 4.90 Å². The minimum absolute atomic E-state index is 0.230. The summed E-state index contributed by atoms with van der Waals surface area (Å²) in [5, 5.41) is 10.1. The minimum atomic E-state index is -0.499. The van der Waals surface area contributed by atoms with Crippen LogP contribution < -0.4 is 0 Å². The topological polar surface area (TPSA) is 23.5 Å². The van der Waals surface area contributed by atoms with Crippen LogP contribution in [0.3, 0.4) is 0 Å². The van der Waals surface area contributed by atoms with Crippen molar-refractivity contribution >= 4 is 15.9 Å². The van der Waals surface area contributed by atoms with E-state index < -0.39 is 5.60 Å². The number of nitrogens with zero attached hydrogens (tertiary/aromatic N) is 1. The van der Waals surface area contributed by atoms with E-state index in [1.54, 1.807) is 6.07 Å². The summed E-state index contributed by atoms with van der Waals surface area (Å²) in [5.74, 6) is -0.230. The molecule has 1 aliphatic rings. The summed E-state index contributed by atoms with van der Waals surface area (Å²) in [7, 11) is 0. The van der Waals surface area contributed by atoms with Crippen molar-refractivity contribution in [3.05, 3.63) is 34.1 Å². The maximum absolute atomic E-state index is 12.9. The van der Waals surface area contributed by atoms with Crippen molar-refractivity contribution in [3.63, 3.8) is 0 Å². The van der Waals surface area contributed by atoms with Crippen LogP contribution in [-0.4, -0.2) is 28.7 Å². The Morgan fingerprint density at radius 3 is 2.76 bits per heavy atom. The van der Waals surface area contributed by atoms with Crippen molar-refractivity contribution in [3.8, 4) is 0 Å². The molecule has 2 nitrogen and oxygen atoms in total. The Hall–Kier alpha value is -0.450. The summed E-state index contributed by atoms with van der Waals surface area (Å²) in [6.45, 7) is 4.26. The first kappa shape index (κ1) is 13.0. The molecule has 1 aromatic carbocycles. The molecule has 1 aromatic rings. The fraction of sp³-hybridized carbons (Fsp3) is 0.538. The van der Waals surface area contributed by atoms with E-state index in [1.165, 1.54) is 12.1 Å². The highest BCUT2D eigenvalue weighted by Crippen LogP contribution is 2.29. The summed E-state index contributed by atoms with van der Waals surface area (Å²) < 4.78 is 13.7. The zero-order chi connectivity index (χ0) is 12.5. The smallest absolute Gasteiger partial charge is 0.124 e. The molecule has 1 fully saturated rings. The molecule has 0 unspecified atom stereocenters. The Morgan fingerprint density at radius 1 is 1.47 bits per heavy atom. The second-order valence-electron chi connectivity index (χ2n) is 4.86. The SMILES string of the molecule is CCCC1(O)CN(Cc2ccc(F)cc2Br)C1. The maximum atomic E-state index is 12.9. The normalized spacial score (nSPS) is 19.1. The molecule has 1 heterocycles. The van der Waals surface area contributed by atoms with Gasteiger partial charge in [0, 0.05) is 24.1 Å². The molecule has 94 valence electrons. The molecule has 0 aromatic heterocycles. The molecule has 1 saturated heterocycles. The molecule has 0 radical (unpaired) electrons. The fourth-order valence-electron chi connectivity index (χ4n) is 2.41. The quantitative estimate of drug-likeness (QED) is 0.924. The number of hydrogen-bond acceptors (Lipinski definition) is 2. The average Bonchev–Trinajstić information content (AvgIpc) is 2.20. The number of hydrogen-bond donors (Lipinski definition) is 1. The summed E-state index contributed by atoms with van der Waals surface area (Å²) in [4.78, 5) is 2.17. The van der Waals surface area contributed by atoms with E-state index in [-0.39, 0.29) is 5.82 Å². The van der Waals surface area contributed by atoms with E-state index in [9.17, 15) is 9.50 Å². The van der Waals surface area contributed by atoms with Gasteiger partial charge >= 0.3 is 0 Å². The lowest BCUT2D eigenvalue weighted by atomic mass is 9.89. The number of likely N-dealkylation sites (tertiary alicyclic amines) is 1. The predicted octanol–water partition coefficient (Wildman–Crippen LogP) is 2.94. The number of halogens is 2. The van der Waals surface area contributed by atoms with Gasteiger partial charge < -0.3 is 5.11 Å². The van der Waals surface area contributed by atoms with Crippen LogP contribution in [0.25, 0.3) is 0 Å².